The van der Waals surface area contributed by atoms with Gasteiger partial charge >= 0.3 is 17.0 Å². The molecule has 1 aromatic carbocycles. The van der Waals surface area contributed by atoms with E-state index >= 15 is 0 Å². The summed E-state index contributed by atoms with van der Waals surface area (Å²) in [7, 11) is -12.2. The first-order chi connectivity index (χ1) is 10.6. The van der Waals surface area contributed by atoms with Crippen molar-refractivity contribution in [3.8, 4) is 0 Å². The third kappa shape index (κ3) is 3.33. The van der Waals surface area contributed by atoms with E-state index in [1.165, 1.54) is 0 Å². The molecule has 24 heavy (non-hydrogen) atoms. The van der Waals surface area contributed by atoms with Crippen LogP contribution < -0.4 is 0 Å². The zero-order chi connectivity index (χ0) is 19.1. The van der Waals surface area contributed by atoms with Crippen LogP contribution in [0, 0.1) is 0 Å². The fraction of sp³-hybridized carbons (Fsp3) is 0.300. The van der Waals surface area contributed by atoms with Gasteiger partial charge in [-0.1, -0.05) is 0 Å². The number of hydrogen-bond donors (Lipinski definition) is 0. The van der Waals surface area contributed by atoms with E-state index in [-0.39, 0.29) is 12.1 Å². The van der Waals surface area contributed by atoms with Crippen molar-refractivity contribution in [2.75, 3.05) is 7.11 Å². The van der Waals surface area contributed by atoms with Gasteiger partial charge in [0, 0.05) is 0 Å². The smallest absolute Gasteiger partial charge is 0.465 e. The molecule has 0 heterocycles. The second-order valence-corrected chi connectivity index (χ2v) is 7.87. The van der Waals surface area contributed by atoms with Gasteiger partial charge in [-0.2, -0.15) is 26.3 Å². The highest BCUT2D eigenvalue weighted by Crippen LogP contribution is 2.39. The van der Waals surface area contributed by atoms with E-state index in [1.807, 2.05) is 0 Å². The molecule has 0 unspecified atom stereocenters. The molecule has 0 spiro atoms. The Kier molecular flexibility index (Phi) is 4.98. The van der Waals surface area contributed by atoms with Gasteiger partial charge in [0.25, 0.3) is 19.7 Å². The molecular formula is C10H6F6O6S2. The van der Waals surface area contributed by atoms with Gasteiger partial charge in [0.05, 0.1) is 22.5 Å². The Labute approximate surface area is 130 Å². The van der Waals surface area contributed by atoms with Crippen molar-refractivity contribution >= 4 is 25.6 Å². The minimum Gasteiger partial charge on any atom is -0.465 e. The lowest BCUT2D eigenvalue weighted by Gasteiger charge is -2.15. The van der Waals surface area contributed by atoms with E-state index < -0.39 is 52.0 Å². The summed E-state index contributed by atoms with van der Waals surface area (Å²) >= 11 is 0. The van der Waals surface area contributed by atoms with Crippen molar-refractivity contribution < 1.29 is 52.7 Å². The monoisotopic (exact) mass is 400 g/mol. The SMILES string of the molecule is COC(=O)c1ccc(S(=O)(=O)C(F)(F)F)c(S(=O)(=O)C(F)(F)F)c1. The lowest BCUT2D eigenvalue weighted by atomic mass is 10.2. The van der Waals surface area contributed by atoms with Crippen LogP contribution in [0.25, 0.3) is 0 Å². The van der Waals surface area contributed by atoms with Crippen LogP contribution in [0.5, 0.6) is 0 Å². The number of sulfone groups is 2. The van der Waals surface area contributed by atoms with Crippen LogP contribution in [0.3, 0.4) is 0 Å². The van der Waals surface area contributed by atoms with Crippen LogP contribution in [0.1, 0.15) is 10.4 Å². The van der Waals surface area contributed by atoms with E-state index in [0.29, 0.717) is 6.07 Å². The van der Waals surface area contributed by atoms with E-state index in [2.05, 4.69) is 4.74 Å². The zero-order valence-electron chi connectivity index (χ0n) is 11.3. The number of ether oxygens (including phenoxy) is 1. The summed E-state index contributed by atoms with van der Waals surface area (Å²) in [6, 6.07) is 0.181. The van der Waals surface area contributed by atoms with Crippen LogP contribution in [-0.2, 0) is 24.4 Å². The van der Waals surface area contributed by atoms with Crippen LogP contribution >= 0.6 is 0 Å². The Balaban J connectivity index is 3.92. The molecule has 0 saturated heterocycles. The number of halogens is 6. The first-order valence-electron chi connectivity index (χ1n) is 5.42. The highest BCUT2D eigenvalue weighted by molar-refractivity contribution is 7.95. The Hall–Kier alpha value is -1.83. The zero-order valence-corrected chi connectivity index (χ0v) is 12.9. The lowest BCUT2D eigenvalue weighted by molar-refractivity contribution is -0.0456. The molecule has 0 N–H and O–H groups in total. The average molecular weight is 400 g/mol. The van der Waals surface area contributed by atoms with Gasteiger partial charge in [-0.25, -0.2) is 21.6 Å². The summed E-state index contributed by atoms with van der Waals surface area (Å²) in [6.45, 7) is 0. The van der Waals surface area contributed by atoms with E-state index in [1.54, 1.807) is 0 Å². The van der Waals surface area contributed by atoms with Gasteiger partial charge in [0.1, 0.15) is 0 Å². The molecule has 1 rings (SSSR count). The highest BCUT2D eigenvalue weighted by Gasteiger charge is 2.54. The van der Waals surface area contributed by atoms with Gasteiger partial charge in [-0.05, 0) is 18.2 Å². The molecule has 1 aromatic rings. The first kappa shape index (κ1) is 20.2. The summed E-state index contributed by atoms with van der Waals surface area (Å²) in [6.07, 6.45) is 0. The molecule has 0 saturated carbocycles. The second-order valence-electron chi connectivity index (χ2n) is 4.05. The molecule has 0 aliphatic heterocycles. The number of esters is 1. The van der Waals surface area contributed by atoms with Gasteiger partial charge in [0.15, 0.2) is 0 Å². The number of hydrogen-bond acceptors (Lipinski definition) is 6. The maximum absolute atomic E-state index is 12.6. The van der Waals surface area contributed by atoms with Crippen LogP contribution in [0.15, 0.2) is 28.0 Å². The van der Waals surface area contributed by atoms with Gasteiger partial charge in [-0.15, -0.1) is 0 Å². The Morgan fingerprint density at radius 3 is 1.67 bits per heavy atom. The van der Waals surface area contributed by atoms with Crippen molar-refractivity contribution in [1.29, 1.82) is 0 Å². The molecule has 0 radical (unpaired) electrons. The molecule has 136 valence electrons. The molecule has 0 aliphatic rings. The Bertz CT molecular complexity index is 866. The van der Waals surface area contributed by atoms with Gasteiger partial charge < -0.3 is 4.74 Å². The van der Waals surface area contributed by atoms with Crippen LogP contribution in [-0.4, -0.2) is 40.9 Å². The molecule has 0 atom stereocenters. The minimum atomic E-state index is -6.50. The van der Waals surface area contributed by atoms with Crippen molar-refractivity contribution in [2.24, 2.45) is 0 Å². The molecule has 6 nitrogen and oxygen atoms in total. The van der Waals surface area contributed by atoms with Crippen molar-refractivity contribution in [2.45, 2.75) is 20.8 Å². The summed E-state index contributed by atoms with van der Waals surface area (Å²) in [4.78, 5) is 6.85. The number of carbonyl (C=O) groups is 1. The second kappa shape index (κ2) is 5.91. The topological polar surface area (TPSA) is 94.6 Å². The number of carbonyl (C=O) groups excluding carboxylic acids is 1. The maximum atomic E-state index is 12.6. The molecule has 14 heteroatoms. The van der Waals surface area contributed by atoms with Crippen LogP contribution in [0.2, 0.25) is 0 Å². The average Bonchev–Trinajstić information content (AvgIpc) is 2.43. The summed E-state index contributed by atoms with van der Waals surface area (Å²) in [5.74, 6) is -1.38. The molecule has 0 amide bonds. The van der Waals surface area contributed by atoms with Crippen molar-refractivity contribution in [1.82, 2.24) is 0 Å². The predicted octanol–water partition coefficient (Wildman–Crippen LogP) is 2.06. The number of rotatable bonds is 3. The van der Waals surface area contributed by atoms with E-state index in [4.69, 9.17) is 0 Å². The molecule has 0 bridgehead atoms. The number of benzene rings is 1. The number of alkyl halides is 6. The molecular weight excluding hydrogens is 394 g/mol. The van der Waals surface area contributed by atoms with Crippen molar-refractivity contribution in [3.63, 3.8) is 0 Å². The summed E-state index contributed by atoms with van der Waals surface area (Å²) in [5.41, 5.74) is -13.0. The molecule has 0 aliphatic carbocycles. The number of methoxy groups -OCH3 is 1. The highest BCUT2D eigenvalue weighted by atomic mass is 32.2. The molecule has 0 fully saturated rings. The van der Waals surface area contributed by atoms with E-state index in [9.17, 15) is 48.0 Å². The third-order valence-corrected chi connectivity index (χ3v) is 5.75. The third-order valence-electron chi connectivity index (χ3n) is 2.55. The summed E-state index contributed by atoms with van der Waals surface area (Å²) < 4.78 is 125. The fourth-order valence-corrected chi connectivity index (χ4v) is 3.78. The quantitative estimate of drug-likeness (QED) is 0.570. The minimum absolute atomic E-state index is 0.0618. The van der Waals surface area contributed by atoms with Crippen LogP contribution in [0.4, 0.5) is 26.3 Å². The van der Waals surface area contributed by atoms with Gasteiger partial charge in [-0.3, -0.25) is 0 Å². The standard InChI is InChI=1S/C10H6F6O6S2/c1-22-8(17)5-2-3-6(23(18,19)9(11,12)13)7(4-5)24(20,21)10(14,15)16/h2-4H,1H3. The predicted molar refractivity (Wildman–Crippen MR) is 64.3 cm³/mol. The van der Waals surface area contributed by atoms with Gasteiger partial charge in [0.2, 0.25) is 0 Å². The van der Waals surface area contributed by atoms with Crippen molar-refractivity contribution in [3.05, 3.63) is 23.8 Å². The fourth-order valence-electron chi connectivity index (χ4n) is 1.43. The first-order valence-corrected chi connectivity index (χ1v) is 8.39. The molecule has 0 aromatic heterocycles. The van der Waals surface area contributed by atoms with E-state index in [0.717, 1.165) is 7.11 Å². The summed E-state index contributed by atoms with van der Waals surface area (Å²) in [5, 5.41) is 0. The largest absolute Gasteiger partial charge is 0.501 e. The Morgan fingerprint density at radius 2 is 1.29 bits per heavy atom. The Morgan fingerprint density at radius 1 is 0.875 bits per heavy atom. The normalized spacial score (nSPS) is 13.6. The maximum Gasteiger partial charge on any atom is 0.501 e. The lowest BCUT2D eigenvalue weighted by Crippen LogP contribution is -2.29.